The number of rotatable bonds is 4. The lowest BCUT2D eigenvalue weighted by molar-refractivity contribution is 0.237. The smallest absolute Gasteiger partial charge is 0.0459 e. The molecule has 0 saturated carbocycles. The third-order valence-corrected chi connectivity index (χ3v) is 2.51. The van der Waals surface area contributed by atoms with E-state index in [0.717, 1.165) is 6.42 Å². The van der Waals surface area contributed by atoms with E-state index in [2.05, 4.69) is 45.0 Å². The Bertz CT molecular complexity index is 278. The largest absolute Gasteiger partial charge is 0.396 e. The third kappa shape index (κ3) is 3.15. The van der Waals surface area contributed by atoms with Crippen LogP contribution < -0.4 is 0 Å². The SMILES string of the molecule is CC(CO)Cc1cccc(C(C)C)c1. The van der Waals surface area contributed by atoms with Crippen LogP contribution in [0.25, 0.3) is 0 Å². The van der Waals surface area contributed by atoms with Crippen LogP contribution in [-0.2, 0) is 6.42 Å². The molecule has 0 bridgehead atoms. The Hall–Kier alpha value is -0.820. The Labute approximate surface area is 86.8 Å². The summed E-state index contributed by atoms with van der Waals surface area (Å²) in [7, 11) is 0. The van der Waals surface area contributed by atoms with Gasteiger partial charge < -0.3 is 5.11 Å². The number of aliphatic hydroxyl groups is 1. The Kier molecular flexibility index (Phi) is 4.15. The maximum atomic E-state index is 8.97. The van der Waals surface area contributed by atoms with Crippen LogP contribution in [0, 0.1) is 5.92 Å². The fourth-order valence-corrected chi connectivity index (χ4v) is 1.55. The van der Waals surface area contributed by atoms with Crippen molar-refractivity contribution in [3.8, 4) is 0 Å². The van der Waals surface area contributed by atoms with Gasteiger partial charge in [-0.3, -0.25) is 0 Å². The zero-order chi connectivity index (χ0) is 10.6. The van der Waals surface area contributed by atoms with Gasteiger partial charge in [0.2, 0.25) is 0 Å². The molecule has 78 valence electrons. The van der Waals surface area contributed by atoms with Crippen LogP contribution in [0.3, 0.4) is 0 Å². The van der Waals surface area contributed by atoms with Crippen molar-refractivity contribution in [1.82, 2.24) is 0 Å². The van der Waals surface area contributed by atoms with Crippen LogP contribution in [-0.4, -0.2) is 11.7 Å². The summed E-state index contributed by atoms with van der Waals surface area (Å²) in [5.41, 5.74) is 2.71. The summed E-state index contributed by atoms with van der Waals surface area (Å²) in [6, 6.07) is 8.65. The molecule has 1 rings (SSSR count). The highest BCUT2D eigenvalue weighted by atomic mass is 16.3. The lowest BCUT2D eigenvalue weighted by Crippen LogP contribution is -2.04. The van der Waals surface area contributed by atoms with E-state index in [1.807, 2.05) is 0 Å². The molecule has 0 spiro atoms. The second kappa shape index (κ2) is 5.16. The van der Waals surface area contributed by atoms with Gasteiger partial charge in [-0.2, -0.15) is 0 Å². The van der Waals surface area contributed by atoms with E-state index in [9.17, 15) is 0 Å². The first-order valence-corrected chi connectivity index (χ1v) is 5.33. The molecule has 1 aromatic rings. The fourth-order valence-electron chi connectivity index (χ4n) is 1.55. The van der Waals surface area contributed by atoms with Crippen molar-refractivity contribution >= 4 is 0 Å². The summed E-state index contributed by atoms with van der Waals surface area (Å²) in [5.74, 6) is 0.941. The monoisotopic (exact) mass is 192 g/mol. The Morgan fingerprint density at radius 3 is 2.50 bits per heavy atom. The molecule has 14 heavy (non-hydrogen) atoms. The first kappa shape index (κ1) is 11.3. The average Bonchev–Trinajstić information content (AvgIpc) is 2.18. The molecule has 0 amide bonds. The van der Waals surface area contributed by atoms with E-state index < -0.39 is 0 Å². The molecule has 0 aliphatic heterocycles. The van der Waals surface area contributed by atoms with Crippen molar-refractivity contribution in [3.05, 3.63) is 35.4 Å². The lowest BCUT2D eigenvalue weighted by Gasteiger charge is -2.10. The third-order valence-electron chi connectivity index (χ3n) is 2.51. The number of aliphatic hydroxyl groups excluding tert-OH is 1. The molecule has 1 aromatic carbocycles. The van der Waals surface area contributed by atoms with Crippen LogP contribution in [0.1, 0.15) is 37.8 Å². The summed E-state index contributed by atoms with van der Waals surface area (Å²) in [5, 5.41) is 8.97. The molecule has 0 saturated heterocycles. The van der Waals surface area contributed by atoms with E-state index >= 15 is 0 Å². The number of hydrogen-bond donors (Lipinski definition) is 1. The maximum absolute atomic E-state index is 8.97. The van der Waals surface area contributed by atoms with Gasteiger partial charge in [-0.05, 0) is 29.4 Å². The van der Waals surface area contributed by atoms with Crippen LogP contribution in [0.2, 0.25) is 0 Å². The van der Waals surface area contributed by atoms with Crippen molar-refractivity contribution in [3.63, 3.8) is 0 Å². The first-order chi connectivity index (χ1) is 6.63. The van der Waals surface area contributed by atoms with Gasteiger partial charge in [0.25, 0.3) is 0 Å². The summed E-state index contributed by atoms with van der Waals surface area (Å²) >= 11 is 0. The van der Waals surface area contributed by atoms with E-state index in [1.54, 1.807) is 0 Å². The normalized spacial score (nSPS) is 13.2. The van der Waals surface area contributed by atoms with Crippen molar-refractivity contribution in [1.29, 1.82) is 0 Å². The zero-order valence-corrected chi connectivity index (χ0v) is 9.33. The molecular formula is C13H20O. The van der Waals surface area contributed by atoms with Crippen LogP contribution >= 0.6 is 0 Å². The Morgan fingerprint density at radius 1 is 1.21 bits per heavy atom. The Morgan fingerprint density at radius 2 is 1.93 bits per heavy atom. The molecule has 1 unspecified atom stereocenters. The lowest BCUT2D eigenvalue weighted by atomic mass is 9.96. The highest BCUT2D eigenvalue weighted by Crippen LogP contribution is 2.17. The van der Waals surface area contributed by atoms with Crippen LogP contribution in [0.4, 0.5) is 0 Å². The zero-order valence-electron chi connectivity index (χ0n) is 9.33. The van der Waals surface area contributed by atoms with Crippen molar-refractivity contribution in [2.45, 2.75) is 33.1 Å². The van der Waals surface area contributed by atoms with Gasteiger partial charge in [0.15, 0.2) is 0 Å². The second-order valence-electron chi connectivity index (χ2n) is 4.39. The molecule has 0 aliphatic carbocycles. The van der Waals surface area contributed by atoms with Gasteiger partial charge in [0, 0.05) is 6.61 Å². The Balaban J connectivity index is 2.73. The molecular weight excluding hydrogens is 172 g/mol. The molecule has 0 aliphatic rings. The number of hydrogen-bond acceptors (Lipinski definition) is 1. The minimum Gasteiger partial charge on any atom is -0.396 e. The standard InChI is InChI=1S/C13H20O/c1-10(2)13-6-4-5-12(8-13)7-11(3)9-14/h4-6,8,10-11,14H,7,9H2,1-3H3. The van der Waals surface area contributed by atoms with E-state index in [1.165, 1.54) is 11.1 Å². The van der Waals surface area contributed by atoms with E-state index in [0.29, 0.717) is 11.8 Å². The molecule has 0 aromatic heterocycles. The van der Waals surface area contributed by atoms with Crippen molar-refractivity contribution in [2.24, 2.45) is 5.92 Å². The van der Waals surface area contributed by atoms with Crippen LogP contribution in [0.15, 0.2) is 24.3 Å². The quantitative estimate of drug-likeness (QED) is 0.777. The van der Waals surface area contributed by atoms with Gasteiger partial charge >= 0.3 is 0 Å². The van der Waals surface area contributed by atoms with Gasteiger partial charge in [-0.25, -0.2) is 0 Å². The van der Waals surface area contributed by atoms with Gasteiger partial charge in [-0.1, -0.05) is 45.0 Å². The predicted molar refractivity (Wildman–Crippen MR) is 60.5 cm³/mol. The molecule has 1 nitrogen and oxygen atoms in total. The van der Waals surface area contributed by atoms with E-state index in [4.69, 9.17) is 5.11 Å². The minimum absolute atomic E-state index is 0.270. The highest BCUT2D eigenvalue weighted by Gasteiger charge is 2.04. The summed E-state index contributed by atoms with van der Waals surface area (Å²) < 4.78 is 0. The van der Waals surface area contributed by atoms with Crippen molar-refractivity contribution < 1.29 is 5.11 Å². The minimum atomic E-state index is 0.270. The first-order valence-electron chi connectivity index (χ1n) is 5.33. The predicted octanol–water partition coefficient (Wildman–Crippen LogP) is 2.98. The topological polar surface area (TPSA) is 20.2 Å². The highest BCUT2D eigenvalue weighted by molar-refractivity contribution is 5.25. The molecule has 1 atom stereocenters. The van der Waals surface area contributed by atoms with Crippen molar-refractivity contribution in [2.75, 3.05) is 6.61 Å². The molecule has 1 heteroatoms. The summed E-state index contributed by atoms with van der Waals surface area (Å²) in [4.78, 5) is 0. The van der Waals surface area contributed by atoms with Crippen LogP contribution in [0.5, 0.6) is 0 Å². The van der Waals surface area contributed by atoms with Gasteiger partial charge in [0.05, 0.1) is 0 Å². The average molecular weight is 192 g/mol. The maximum Gasteiger partial charge on any atom is 0.0459 e. The summed E-state index contributed by atoms with van der Waals surface area (Å²) in [6.07, 6.45) is 0.969. The molecule has 0 heterocycles. The summed E-state index contributed by atoms with van der Waals surface area (Å²) in [6.45, 7) is 6.75. The number of benzene rings is 1. The fraction of sp³-hybridized carbons (Fsp3) is 0.538. The van der Waals surface area contributed by atoms with Gasteiger partial charge in [0.1, 0.15) is 0 Å². The van der Waals surface area contributed by atoms with E-state index in [-0.39, 0.29) is 6.61 Å². The second-order valence-corrected chi connectivity index (χ2v) is 4.39. The molecule has 0 fully saturated rings. The molecule has 0 radical (unpaired) electrons. The molecule has 1 N–H and O–H groups in total. The van der Waals surface area contributed by atoms with Gasteiger partial charge in [-0.15, -0.1) is 0 Å².